The molecule has 3 rings (SSSR count). The van der Waals surface area contributed by atoms with Gasteiger partial charge in [-0.3, -0.25) is 9.69 Å². The standard InChI is InChI=1S/C21H24F3N7O3/c1-2-34-19-15(11-25)17(29-20(26)30-19)28-16(12-31-6-8-33-9-7-31)18(32)27-14-5-3-4-13(10-14)21(22,23)24/h3-5,10,16H,2,6-9,12H2,1H3,(H,27,32)(H3,26,28,29,30). The molecule has 182 valence electrons. The van der Waals surface area contributed by atoms with E-state index >= 15 is 0 Å². The Balaban J connectivity index is 1.89. The summed E-state index contributed by atoms with van der Waals surface area (Å²) in [5, 5.41) is 15.0. The van der Waals surface area contributed by atoms with Crippen molar-refractivity contribution in [1.82, 2.24) is 14.9 Å². The van der Waals surface area contributed by atoms with E-state index < -0.39 is 23.7 Å². The summed E-state index contributed by atoms with van der Waals surface area (Å²) in [5.41, 5.74) is 4.79. The molecule has 0 spiro atoms. The van der Waals surface area contributed by atoms with Crippen LogP contribution in [0.2, 0.25) is 0 Å². The molecule has 0 radical (unpaired) electrons. The molecule has 1 aromatic carbocycles. The number of nitrogen functional groups attached to an aromatic ring is 1. The molecule has 0 bridgehead atoms. The summed E-state index contributed by atoms with van der Waals surface area (Å²) >= 11 is 0. The van der Waals surface area contributed by atoms with Gasteiger partial charge in [0.05, 0.1) is 25.4 Å². The summed E-state index contributed by atoms with van der Waals surface area (Å²) in [6.45, 7) is 4.15. The van der Waals surface area contributed by atoms with E-state index in [1.54, 1.807) is 6.92 Å². The van der Waals surface area contributed by atoms with Crippen LogP contribution < -0.4 is 21.1 Å². The van der Waals surface area contributed by atoms with Gasteiger partial charge in [0.1, 0.15) is 12.1 Å². The third-order valence-corrected chi connectivity index (χ3v) is 4.92. The van der Waals surface area contributed by atoms with Crippen LogP contribution in [0.1, 0.15) is 18.1 Å². The molecule has 1 atom stereocenters. The molecular formula is C21H24F3N7O3. The number of nitrogens with two attached hydrogens (primary N) is 1. The highest BCUT2D eigenvalue weighted by molar-refractivity contribution is 5.97. The number of carbonyl (C=O) groups excluding carboxylic acids is 1. The lowest BCUT2D eigenvalue weighted by Crippen LogP contribution is -2.48. The first-order valence-corrected chi connectivity index (χ1v) is 10.5. The number of alkyl halides is 3. The van der Waals surface area contributed by atoms with Crippen LogP contribution in [0.25, 0.3) is 0 Å². The topological polar surface area (TPSA) is 138 Å². The number of hydrogen-bond donors (Lipinski definition) is 3. The Morgan fingerprint density at radius 2 is 2.09 bits per heavy atom. The molecule has 13 heteroatoms. The Bertz CT molecular complexity index is 1050. The molecule has 0 aliphatic carbocycles. The molecule has 4 N–H and O–H groups in total. The predicted octanol–water partition coefficient (Wildman–Crippen LogP) is 2.10. The fraction of sp³-hybridized carbons (Fsp3) is 0.429. The Morgan fingerprint density at radius 1 is 1.35 bits per heavy atom. The van der Waals surface area contributed by atoms with Gasteiger partial charge in [0, 0.05) is 25.3 Å². The van der Waals surface area contributed by atoms with E-state index in [0.717, 1.165) is 12.1 Å². The molecule has 1 aliphatic rings. The number of aromatic nitrogens is 2. The van der Waals surface area contributed by atoms with E-state index in [2.05, 4.69) is 20.6 Å². The van der Waals surface area contributed by atoms with Crippen LogP contribution in [-0.2, 0) is 15.7 Å². The van der Waals surface area contributed by atoms with Crippen molar-refractivity contribution in [2.45, 2.75) is 19.1 Å². The smallest absolute Gasteiger partial charge is 0.416 e. The first-order valence-electron chi connectivity index (χ1n) is 10.5. The van der Waals surface area contributed by atoms with E-state index in [0.29, 0.717) is 26.3 Å². The van der Waals surface area contributed by atoms with Crippen LogP contribution in [0.5, 0.6) is 5.88 Å². The summed E-state index contributed by atoms with van der Waals surface area (Å²) in [4.78, 5) is 23.0. The van der Waals surface area contributed by atoms with Gasteiger partial charge in [-0.2, -0.15) is 28.4 Å². The number of ether oxygens (including phenoxy) is 2. The maximum atomic E-state index is 13.1. The normalized spacial score (nSPS) is 15.3. The lowest BCUT2D eigenvalue weighted by atomic mass is 10.1. The zero-order valence-electron chi connectivity index (χ0n) is 18.4. The summed E-state index contributed by atoms with van der Waals surface area (Å²) in [6.07, 6.45) is -4.55. The minimum absolute atomic E-state index is 0.0177. The van der Waals surface area contributed by atoms with Gasteiger partial charge in [-0.1, -0.05) is 6.07 Å². The number of halogens is 3. The number of nitrogens with one attached hydrogen (secondary N) is 2. The fourth-order valence-corrected chi connectivity index (χ4v) is 3.31. The molecule has 1 fully saturated rings. The average molecular weight is 479 g/mol. The zero-order chi connectivity index (χ0) is 24.7. The molecule has 1 saturated heterocycles. The highest BCUT2D eigenvalue weighted by Gasteiger charge is 2.31. The molecule has 1 aromatic heterocycles. The van der Waals surface area contributed by atoms with Gasteiger partial charge < -0.3 is 25.8 Å². The zero-order valence-corrected chi connectivity index (χ0v) is 18.4. The number of nitriles is 1. The minimum Gasteiger partial charge on any atom is -0.477 e. The maximum Gasteiger partial charge on any atom is 0.416 e. The van der Waals surface area contributed by atoms with Gasteiger partial charge in [0.2, 0.25) is 17.7 Å². The lowest BCUT2D eigenvalue weighted by Gasteiger charge is -2.30. The predicted molar refractivity (Wildman–Crippen MR) is 117 cm³/mol. The number of rotatable bonds is 8. The Kier molecular flexibility index (Phi) is 8.08. The number of anilines is 3. The van der Waals surface area contributed by atoms with Crippen molar-refractivity contribution in [3.63, 3.8) is 0 Å². The van der Waals surface area contributed by atoms with Crippen LogP contribution in [0.15, 0.2) is 24.3 Å². The number of morpholine rings is 1. The van der Waals surface area contributed by atoms with Crippen molar-refractivity contribution in [3.05, 3.63) is 35.4 Å². The minimum atomic E-state index is -4.55. The first-order chi connectivity index (χ1) is 16.2. The Labute approximate surface area is 193 Å². The van der Waals surface area contributed by atoms with Crippen molar-refractivity contribution in [3.8, 4) is 11.9 Å². The fourth-order valence-electron chi connectivity index (χ4n) is 3.31. The van der Waals surface area contributed by atoms with Gasteiger partial charge in [-0.05, 0) is 25.1 Å². The number of carbonyl (C=O) groups is 1. The average Bonchev–Trinajstić information content (AvgIpc) is 2.79. The Hall–Kier alpha value is -3.63. The van der Waals surface area contributed by atoms with Gasteiger partial charge in [0.25, 0.3) is 0 Å². The molecule has 0 saturated carbocycles. The molecule has 34 heavy (non-hydrogen) atoms. The molecule has 1 unspecified atom stereocenters. The summed E-state index contributed by atoms with van der Waals surface area (Å²) in [7, 11) is 0. The van der Waals surface area contributed by atoms with E-state index in [-0.39, 0.29) is 42.0 Å². The number of benzene rings is 1. The lowest BCUT2D eigenvalue weighted by molar-refractivity contribution is -0.137. The third-order valence-electron chi connectivity index (χ3n) is 4.92. The molecular weight excluding hydrogens is 455 g/mol. The third kappa shape index (κ3) is 6.46. The van der Waals surface area contributed by atoms with Crippen LogP contribution in [0.3, 0.4) is 0 Å². The van der Waals surface area contributed by atoms with Crippen LogP contribution in [-0.4, -0.2) is 66.3 Å². The monoisotopic (exact) mass is 479 g/mol. The van der Waals surface area contributed by atoms with Crippen molar-refractivity contribution < 1.29 is 27.4 Å². The highest BCUT2D eigenvalue weighted by Crippen LogP contribution is 2.31. The SMILES string of the molecule is CCOc1nc(N)nc(NC(CN2CCOCC2)C(=O)Nc2cccc(C(F)(F)F)c2)c1C#N. The second kappa shape index (κ2) is 11.0. The molecule has 2 heterocycles. The van der Waals surface area contributed by atoms with E-state index in [9.17, 15) is 23.2 Å². The summed E-state index contributed by atoms with van der Waals surface area (Å²) in [6, 6.07) is 5.27. The molecule has 10 nitrogen and oxygen atoms in total. The van der Waals surface area contributed by atoms with E-state index in [1.807, 2.05) is 11.0 Å². The Morgan fingerprint density at radius 3 is 2.74 bits per heavy atom. The van der Waals surface area contributed by atoms with Crippen molar-refractivity contribution in [1.29, 1.82) is 5.26 Å². The first kappa shape index (κ1) is 25.0. The second-order valence-electron chi connectivity index (χ2n) is 7.33. The summed E-state index contributed by atoms with van der Waals surface area (Å²) < 4.78 is 49.9. The van der Waals surface area contributed by atoms with Gasteiger partial charge in [-0.25, -0.2) is 0 Å². The number of nitrogens with zero attached hydrogens (tertiary/aromatic N) is 4. The van der Waals surface area contributed by atoms with Gasteiger partial charge >= 0.3 is 6.18 Å². The van der Waals surface area contributed by atoms with Crippen molar-refractivity contribution >= 4 is 23.4 Å². The van der Waals surface area contributed by atoms with Crippen LogP contribution in [0, 0.1) is 11.3 Å². The largest absolute Gasteiger partial charge is 0.477 e. The summed E-state index contributed by atoms with van der Waals surface area (Å²) in [5.74, 6) is -0.850. The van der Waals surface area contributed by atoms with E-state index in [4.69, 9.17) is 15.2 Å². The van der Waals surface area contributed by atoms with Crippen molar-refractivity contribution in [2.75, 3.05) is 55.8 Å². The number of hydrogen-bond acceptors (Lipinski definition) is 9. The molecule has 1 amide bonds. The van der Waals surface area contributed by atoms with Crippen LogP contribution >= 0.6 is 0 Å². The van der Waals surface area contributed by atoms with E-state index in [1.165, 1.54) is 12.1 Å². The molecule has 1 aliphatic heterocycles. The molecule has 2 aromatic rings. The quantitative estimate of drug-likeness (QED) is 0.519. The van der Waals surface area contributed by atoms with Crippen molar-refractivity contribution in [2.24, 2.45) is 0 Å². The van der Waals surface area contributed by atoms with Gasteiger partial charge in [0.15, 0.2) is 11.4 Å². The van der Waals surface area contributed by atoms with Crippen LogP contribution in [0.4, 0.5) is 30.6 Å². The second-order valence-corrected chi connectivity index (χ2v) is 7.33. The van der Waals surface area contributed by atoms with Gasteiger partial charge in [-0.15, -0.1) is 0 Å². The highest BCUT2D eigenvalue weighted by atomic mass is 19.4. The maximum absolute atomic E-state index is 13.1. The number of amides is 1.